The summed E-state index contributed by atoms with van der Waals surface area (Å²) >= 11 is 6.27. The van der Waals surface area contributed by atoms with Gasteiger partial charge in [-0.05, 0) is 49.4 Å². The van der Waals surface area contributed by atoms with Gasteiger partial charge in [0.25, 0.3) is 5.91 Å². The van der Waals surface area contributed by atoms with Crippen LogP contribution in [0.25, 0.3) is 11.0 Å². The Balaban J connectivity index is 1.70. The van der Waals surface area contributed by atoms with E-state index in [0.717, 1.165) is 11.0 Å². The Morgan fingerprint density at radius 1 is 1.16 bits per heavy atom. The van der Waals surface area contributed by atoms with Crippen molar-refractivity contribution in [2.24, 2.45) is 0 Å². The molecule has 1 aromatic heterocycles. The highest BCUT2D eigenvalue weighted by atomic mass is 35.5. The minimum absolute atomic E-state index is 0.195. The van der Waals surface area contributed by atoms with Crippen molar-refractivity contribution in [3.63, 3.8) is 0 Å². The Morgan fingerprint density at radius 3 is 2.71 bits per heavy atom. The number of ether oxygens (including phenoxy) is 1. The van der Waals surface area contributed by atoms with Gasteiger partial charge in [-0.1, -0.05) is 35.9 Å². The van der Waals surface area contributed by atoms with E-state index >= 15 is 0 Å². The summed E-state index contributed by atoms with van der Waals surface area (Å²) in [5, 5.41) is 3.32. The van der Waals surface area contributed by atoms with Crippen molar-refractivity contribution < 1.29 is 13.9 Å². The first-order valence-electron chi connectivity index (χ1n) is 9.81. The lowest BCUT2D eigenvalue weighted by atomic mass is 10.1. The van der Waals surface area contributed by atoms with Crippen LogP contribution in [0.15, 0.2) is 66.7 Å². The van der Waals surface area contributed by atoms with E-state index in [1.807, 2.05) is 35.8 Å². The zero-order valence-corrected chi connectivity index (χ0v) is 17.9. The topological polar surface area (TPSA) is 56.1 Å². The van der Waals surface area contributed by atoms with Gasteiger partial charge in [-0.3, -0.25) is 4.79 Å². The molecule has 4 aromatic rings. The standard InChI is InChI=1S/C24H21ClFN3O2/c1-15(27-24(30)16-7-5-8-17(13-16)31-2)23-28-21-11-3-4-12-22(21)29(23)14-18-19(25)9-6-10-20(18)26/h3-13,15H,14H2,1-2H3,(H,27,30). The van der Waals surface area contributed by atoms with Crippen molar-refractivity contribution in [1.82, 2.24) is 14.9 Å². The van der Waals surface area contributed by atoms with Gasteiger partial charge < -0.3 is 14.6 Å². The number of fused-ring (bicyclic) bond motifs is 1. The highest BCUT2D eigenvalue weighted by molar-refractivity contribution is 6.31. The molecule has 0 saturated heterocycles. The van der Waals surface area contributed by atoms with Crippen LogP contribution < -0.4 is 10.1 Å². The number of methoxy groups -OCH3 is 1. The zero-order valence-electron chi connectivity index (χ0n) is 17.1. The summed E-state index contributed by atoms with van der Waals surface area (Å²) in [5.41, 5.74) is 2.44. The van der Waals surface area contributed by atoms with Crippen LogP contribution in [0.4, 0.5) is 4.39 Å². The molecule has 4 rings (SSSR count). The molecule has 1 unspecified atom stereocenters. The maximum Gasteiger partial charge on any atom is 0.251 e. The maximum atomic E-state index is 14.5. The lowest BCUT2D eigenvalue weighted by Crippen LogP contribution is -2.29. The molecular formula is C24H21ClFN3O2. The first-order valence-corrected chi connectivity index (χ1v) is 10.2. The summed E-state index contributed by atoms with van der Waals surface area (Å²) in [7, 11) is 1.55. The molecule has 0 fully saturated rings. The summed E-state index contributed by atoms with van der Waals surface area (Å²) in [5.74, 6) is 0.566. The van der Waals surface area contributed by atoms with Crippen molar-refractivity contribution >= 4 is 28.5 Å². The SMILES string of the molecule is COc1cccc(C(=O)NC(C)c2nc3ccccc3n2Cc2c(F)cccc2Cl)c1. The van der Waals surface area contributed by atoms with E-state index in [1.165, 1.54) is 6.07 Å². The number of rotatable bonds is 6. The third-order valence-electron chi connectivity index (χ3n) is 5.13. The molecule has 0 bridgehead atoms. The van der Waals surface area contributed by atoms with Gasteiger partial charge in [-0.25, -0.2) is 9.37 Å². The fourth-order valence-electron chi connectivity index (χ4n) is 3.54. The number of nitrogens with zero attached hydrogens (tertiary/aromatic N) is 2. The Hall–Kier alpha value is -3.38. The first kappa shape index (κ1) is 20.9. The maximum absolute atomic E-state index is 14.5. The van der Waals surface area contributed by atoms with E-state index < -0.39 is 6.04 Å². The van der Waals surface area contributed by atoms with Crippen molar-refractivity contribution in [2.75, 3.05) is 7.11 Å². The Bertz CT molecular complexity index is 1230. The number of para-hydroxylation sites is 2. The molecule has 1 heterocycles. The monoisotopic (exact) mass is 437 g/mol. The normalized spacial score (nSPS) is 12.0. The molecule has 3 aromatic carbocycles. The summed E-state index contributed by atoms with van der Waals surface area (Å²) < 4.78 is 21.6. The van der Waals surface area contributed by atoms with Gasteiger partial charge in [0.1, 0.15) is 17.4 Å². The highest BCUT2D eigenvalue weighted by Gasteiger charge is 2.21. The van der Waals surface area contributed by atoms with Crippen LogP contribution in [0, 0.1) is 5.82 Å². The summed E-state index contributed by atoms with van der Waals surface area (Å²) in [6.07, 6.45) is 0. The van der Waals surface area contributed by atoms with Crippen LogP contribution in [0.3, 0.4) is 0 Å². The summed E-state index contributed by atoms with van der Waals surface area (Å²) in [4.78, 5) is 17.5. The van der Waals surface area contributed by atoms with Crippen molar-refractivity contribution in [3.8, 4) is 5.75 Å². The number of hydrogen-bond donors (Lipinski definition) is 1. The molecule has 0 spiro atoms. The minimum atomic E-state index is -0.434. The van der Waals surface area contributed by atoms with E-state index in [2.05, 4.69) is 5.32 Å². The first-order chi connectivity index (χ1) is 15.0. The molecule has 0 aliphatic heterocycles. The predicted molar refractivity (Wildman–Crippen MR) is 119 cm³/mol. The summed E-state index contributed by atoms with van der Waals surface area (Å²) in [6, 6.07) is 18.7. The largest absolute Gasteiger partial charge is 0.497 e. The van der Waals surface area contributed by atoms with E-state index in [0.29, 0.717) is 27.7 Å². The molecule has 1 N–H and O–H groups in total. The molecule has 158 valence electrons. The molecule has 7 heteroatoms. The average Bonchev–Trinajstić information content (AvgIpc) is 3.15. The van der Waals surface area contributed by atoms with Crippen LogP contribution in [-0.4, -0.2) is 22.6 Å². The Morgan fingerprint density at radius 2 is 1.94 bits per heavy atom. The van der Waals surface area contributed by atoms with Crippen LogP contribution in [0.5, 0.6) is 5.75 Å². The molecule has 0 aliphatic carbocycles. The van der Waals surface area contributed by atoms with Crippen molar-refractivity contribution in [2.45, 2.75) is 19.5 Å². The molecule has 0 saturated carbocycles. The molecule has 5 nitrogen and oxygen atoms in total. The van der Waals surface area contributed by atoms with E-state index in [9.17, 15) is 9.18 Å². The predicted octanol–water partition coefficient (Wildman–Crippen LogP) is 5.38. The minimum Gasteiger partial charge on any atom is -0.497 e. The smallest absolute Gasteiger partial charge is 0.251 e. The van der Waals surface area contributed by atoms with Gasteiger partial charge in [0.2, 0.25) is 0 Å². The van der Waals surface area contributed by atoms with Crippen molar-refractivity contribution in [3.05, 3.63) is 94.5 Å². The molecule has 1 atom stereocenters. The quantitative estimate of drug-likeness (QED) is 0.440. The third kappa shape index (κ3) is 4.25. The molecule has 31 heavy (non-hydrogen) atoms. The van der Waals surface area contributed by atoms with E-state index in [4.69, 9.17) is 21.3 Å². The van der Waals surface area contributed by atoms with Gasteiger partial charge in [-0.15, -0.1) is 0 Å². The average molecular weight is 438 g/mol. The molecular weight excluding hydrogens is 417 g/mol. The van der Waals surface area contributed by atoms with Gasteiger partial charge in [-0.2, -0.15) is 0 Å². The lowest BCUT2D eigenvalue weighted by molar-refractivity contribution is 0.0937. The zero-order chi connectivity index (χ0) is 22.0. The van der Waals surface area contributed by atoms with Gasteiger partial charge in [0.15, 0.2) is 0 Å². The second-order valence-electron chi connectivity index (χ2n) is 7.17. The Kier molecular flexibility index (Phi) is 5.91. The second-order valence-corrected chi connectivity index (χ2v) is 7.58. The highest BCUT2D eigenvalue weighted by Crippen LogP contribution is 2.26. The van der Waals surface area contributed by atoms with Crippen molar-refractivity contribution in [1.29, 1.82) is 0 Å². The number of imidazole rings is 1. The van der Waals surface area contributed by atoms with Gasteiger partial charge in [0.05, 0.1) is 30.7 Å². The van der Waals surface area contributed by atoms with Gasteiger partial charge in [0, 0.05) is 16.1 Å². The number of carbonyl (C=O) groups excluding carboxylic acids is 1. The fourth-order valence-corrected chi connectivity index (χ4v) is 3.76. The molecule has 0 radical (unpaired) electrons. The number of carbonyl (C=O) groups is 1. The van der Waals surface area contributed by atoms with Crippen LogP contribution in [0.2, 0.25) is 5.02 Å². The number of nitrogens with one attached hydrogen (secondary N) is 1. The fraction of sp³-hybridized carbons (Fsp3) is 0.167. The number of aromatic nitrogens is 2. The molecule has 0 aliphatic rings. The Labute approximate surface area is 184 Å². The third-order valence-corrected chi connectivity index (χ3v) is 5.48. The number of amides is 1. The second kappa shape index (κ2) is 8.78. The number of benzene rings is 3. The van der Waals surface area contributed by atoms with Crippen LogP contribution in [-0.2, 0) is 6.54 Å². The number of hydrogen-bond acceptors (Lipinski definition) is 3. The van der Waals surface area contributed by atoms with Gasteiger partial charge >= 0.3 is 0 Å². The van der Waals surface area contributed by atoms with Crippen LogP contribution in [0.1, 0.15) is 34.7 Å². The lowest BCUT2D eigenvalue weighted by Gasteiger charge is -2.17. The molecule has 1 amide bonds. The van der Waals surface area contributed by atoms with E-state index in [-0.39, 0.29) is 18.3 Å². The summed E-state index contributed by atoms with van der Waals surface area (Å²) in [6.45, 7) is 2.04. The number of halogens is 2. The van der Waals surface area contributed by atoms with Crippen LogP contribution >= 0.6 is 11.6 Å². The van der Waals surface area contributed by atoms with E-state index in [1.54, 1.807) is 43.5 Å².